The summed E-state index contributed by atoms with van der Waals surface area (Å²) >= 11 is 3.49. The Bertz CT molecular complexity index is 827. The summed E-state index contributed by atoms with van der Waals surface area (Å²) < 4.78 is 8.12. The molecule has 22 heavy (non-hydrogen) atoms. The predicted octanol–water partition coefficient (Wildman–Crippen LogP) is 3.83. The highest BCUT2D eigenvalue weighted by Crippen LogP contribution is 2.34. The van der Waals surface area contributed by atoms with Gasteiger partial charge in [0.1, 0.15) is 11.4 Å². The van der Waals surface area contributed by atoms with Crippen LogP contribution in [0.2, 0.25) is 0 Å². The molecule has 0 aliphatic rings. The van der Waals surface area contributed by atoms with Crippen LogP contribution >= 0.6 is 15.9 Å². The SMILES string of the molecule is CCc1ccn2cc(-c3cc(Br)c(OC)cc3CO)nc2c1. The highest BCUT2D eigenvalue weighted by atomic mass is 79.9. The molecule has 0 atom stereocenters. The molecule has 0 fully saturated rings. The van der Waals surface area contributed by atoms with Gasteiger partial charge in [0.15, 0.2) is 0 Å². The molecule has 2 aromatic heterocycles. The number of methoxy groups -OCH3 is 1. The molecule has 114 valence electrons. The molecule has 0 aliphatic carbocycles. The van der Waals surface area contributed by atoms with Crippen molar-refractivity contribution in [1.82, 2.24) is 9.38 Å². The van der Waals surface area contributed by atoms with Gasteiger partial charge in [-0.05, 0) is 57.7 Å². The van der Waals surface area contributed by atoms with Crippen molar-refractivity contribution in [3.05, 3.63) is 52.3 Å². The zero-order valence-electron chi connectivity index (χ0n) is 12.5. The minimum atomic E-state index is -0.0624. The highest BCUT2D eigenvalue weighted by molar-refractivity contribution is 9.10. The number of fused-ring (bicyclic) bond motifs is 1. The Labute approximate surface area is 137 Å². The van der Waals surface area contributed by atoms with E-state index in [9.17, 15) is 5.11 Å². The van der Waals surface area contributed by atoms with Crippen molar-refractivity contribution in [1.29, 1.82) is 0 Å². The van der Waals surface area contributed by atoms with Crippen LogP contribution in [-0.4, -0.2) is 21.6 Å². The maximum absolute atomic E-state index is 9.64. The van der Waals surface area contributed by atoms with Gasteiger partial charge in [-0.25, -0.2) is 4.98 Å². The molecule has 2 heterocycles. The van der Waals surface area contributed by atoms with Crippen molar-refractivity contribution in [2.24, 2.45) is 0 Å². The van der Waals surface area contributed by atoms with E-state index in [0.29, 0.717) is 5.75 Å². The van der Waals surface area contributed by atoms with Gasteiger partial charge in [0.05, 0.1) is 23.9 Å². The van der Waals surface area contributed by atoms with Gasteiger partial charge >= 0.3 is 0 Å². The lowest BCUT2D eigenvalue weighted by molar-refractivity contribution is 0.281. The van der Waals surface area contributed by atoms with Crippen LogP contribution in [0.3, 0.4) is 0 Å². The Kier molecular flexibility index (Phi) is 4.18. The van der Waals surface area contributed by atoms with Crippen LogP contribution in [0.25, 0.3) is 16.9 Å². The molecule has 0 amide bonds. The fourth-order valence-electron chi connectivity index (χ4n) is 2.49. The largest absolute Gasteiger partial charge is 0.496 e. The van der Waals surface area contributed by atoms with Crippen molar-refractivity contribution < 1.29 is 9.84 Å². The number of nitrogens with zero attached hydrogens (tertiary/aromatic N) is 2. The molecule has 0 aliphatic heterocycles. The minimum Gasteiger partial charge on any atom is -0.496 e. The lowest BCUT2D eigenvalue weighted by atomic mass is 10.1. The number of hydrogen-bond donors (Lipinski definition) is 1. The van der Waals surface area contributed by atoms with E-state index in [1.54, 1.807) is 7.11 Å². The summed E-state index contributed by atoms with van der Waals surface area (Å²) in [6, 6.07) is 7.95. The number of hydrogen-bond acceptors (Lipinski definition) is 3. The molecule has 3 aromatic rings. The number of benzene rings is 1. The van der Waals surface area contributed by atoms with E-state index in [0.717, 1.165) is 33.4 Å². The molecule has 0 unspecified atom stereocenters. The Hall–Kier alpha value is -1.85. The van der Waals surface area contributed by atoms with Gasteiger partial charge in [-0.2, -0.15) is 0 Å². The summed E-state index contributed by atoms with van der Waals surface area (Å²) in [4.78, 5) is 4.69. The summed E-state index contributed by atoms with van der Waals surface area (Å²) in [5.74, 6) is 0.699. The van der Waals surface area contributed by atoms with Crippen LogP contribution in [0.4, 0.5) is 0 Å². The summed E-state index contributed by atoms with van der Waals surface area (Å²) in [6.45, 7) is 2.06. The highest BCUT2D eigenvalue weighted by Gasteiger charge is 2.13. The first kappa shape index (κ1) is 15.1. The standard InChI is InChI=1S/C17H17BrN2O2/c1-3-11-4-5-20-9-15(19-17(20)6-11)13-8-14(18)16(22-2)7-12(13)10-21/h4-9,21H,3,10H2,1-2H3. The third kappa shape index (κ3) is 2.62. The van der Waals surface area contributed by atoms with E-state index < -0.39 is 0 Å². The van der Waals surface area contributed by atoms with Crippen molar-refractivity contribution in [3.8, 4) is 17.0 Å². The predicted molar refractivity (Wildman–Crippen MR) is 90.2 cm³/mol. The second-order valence-corrected chi connectivity index (χ2v) is 5.94. The number of halogens is 1. The Morgan fingerprint density at radius 3 is 2.82 bits per heavy atom. The fourth-order valence-corrected chi connectivity index (χ4v) is 3.00. The summed E-state index contributed by atoms with van der Waals surface area (Å²) in [7, 11) is 1.61. The van der Waals surface area contributed by atoms with Crippen LogP contribution in [0.5, 0.6) is 5.75 Å². The van der Waals surface area contributed by atoms with Crippen LogP contribution in [0.15, 0.2) is 41.1 Å². The zero-order valence-corrected chi connectivity index (χ0v) is 14.1. The van der Waals surface area contributed by atoms with E-state index in [1.807, 2.05) is 28.9 Å². The normalized spacial score (nSPS) is 11.1. The lowest BCUT2D eigenvalue weighted by Crippen LogP contribution is -1.93. The zero-order chi connectivity index (χ0) is 15.7. The first-order valence-corrected chi connectivity index (χ1v) is 7.90. The smallest absolute Gasteiger partial charge is 0.137 e. The molecule has 1 N–H and O–H groups in total. The van der Waals surface area contributed by atoms with Crippen LogP contribution in [-0.2, 0) is 13.0 Å². The Balaban J connectivity index is 2.16. The molecular weight excluding hydrogens is 344 g/mol. The molecule has 3 rings (SSSR count). The molecule has 5 heteroatoms. The molecule has 0 spiro atoms. The van der Waals surface area contributed by atoms with Crippen LogP contribution in [0, 0.1) is 0 Å². The van der Waals surface area contributed by atoms with E-state index in [4.69, 9.17) is 4.74 Å². The number of pyridine rings is 1. The first-order valence-electron chi connectivity index (χ1n) is 7.11. The number of aromatic nitrogens is 2. The van der Waals surface area contributed by atoms with Gasteiger partial charge in [-0.1, -0.05) is 6.92 Å². The van der Waals surface area contributed by atoms with Gasteiger partial charge in [-0.15, -0.1) is 0 Å². The van der Waals surface area contributed by atoms with Gasteiger partial charge in [-0.3, -0.25) is 0 Å². The van der Waals surface area contributed by atoms with Crippen molar-refractivity contribution in [2.45, 2.75) is 20.0 Å². The van der Waals surface area contributed by atoms with Gasteiger partial charge in [0.2, 0.25) is 0 Å². The molecule has 0 saturated heterocycles. The second-order valence-electron chi connectivity index (χ2n) is 5.08. The lowest BCUT2D eigenvalue weighted by Gasteiger charge is -2.10. The van der Waals surface area contributed by atoms with Crippen molar-refractivity contribution in [2.75, 3.05) is 7.11 Å². The number of aliphatic hydroxyl groups excluding tert-OH is 1. The number of aliphatic hydroxyl groups is 1. The summed E-state index contributed by atoms with van der Waals surface area (Å²) in [6.07, 6.45) is 4.97. The average molecular weight is 361 g/mol. The summed E-state index contributed by atoms with van der Waals surface area (Å²) in [5, 5.41) is 9.64. The number of ether oxygens (including phenoxy) is 1. The summed E-state index contributed by atoms with van der Waals surface area (Å²) in [5.41, 5.74) is 4.69. The van der Waals surface area contributed by atoms with E-state index in [-0.39, 0.29) is 6.61 Å². The maximum Gasteiger partial charge on any atom is 0.137 e. The molecule has 1 aromatic carbocycles. The van der Waals surface area contributed by atoms with Crippen LogP contribution in [0.1, 0.15) is 18.1 Å². The Morgan fingerprint density at radius 1 is 1.32 bits per heavy atom. The quantitative estimate of drug-likeness (QED) is 0.768. The Morgan fingerprint density at radius 2 is 2.14 bits per heavy atom. The third-order valence-electron chi connectivity index (χ3n) is 3.76. The fraction of sp³-hybridized carbons (Fsp3) is 0.235. The molecular formula is C17H17BrN2O2. The molecule has 0 saturated carbocycles. The number of rotatable bonds is 4. The molecule has 0 radical (unpaired) electrons. The van der Waals surface area contributed by atoms with Crippen LogP contribution < -0.4 is 4.74 Å². The maximum atomic E-state index is 9.64. The van der Waals surface area contributed by atoms with Crippen molar-refractivity contribution in [3.63, 3.8) is 0 Å². The topological polar surface area (TPSA) is 46.8 Å². The molecule has 0 bridgehead atoms. The van der Waals surface area contributed by atoms with Gasteiger partial charge in [0.25, 0.3) is 0 Å². The van der Waals surface area contributed by atoms with Gasteiger partial charge in [0, 0.05) is 18.0 Å². The van der Waals surface area contributed by atoms with Crippen molar-refractivity contribution >= 4 is 21.6 Å². The second kappa shape index (κ2) is 6.10. The van der Waals surface area contributed by atoms with E-state index in [1.165, 1.54) is 5.56 Å². The minimum absolute atomic E-state index is 0.0624. The van der Waals surface area contributed by atoms with Gasteiger partial charge < -0.3 is 14.2 Å². The number of imidazole rings is 1. The number of aryl methyl sites for hydroxylation is 1. The third-order valence-corrected chi connectivity index (χ3v) is 4.38. The monoisotopic (exact) mass is 360 g/mol. The van der Waals surface area contributed by atoms with E-state index >= 15 is 0 Å². The molecule has 4 nitrogen and oxygen atoms in total. The average Bonchev–Trinajstić information content (AvgIpc) is 2.97. The first-order chi connectivity index (χ1) is 10.7. The van der Waals surface area contributed by atoms with E-state index in [2.05, 4.69) is 40.0 Å².